The number of carbonyl (C=O) groups excluding carboxylic acids is 1. The average Bonchev–Trinajstić information content (AvgIpc) is 2.76. The Bertz CT molecular complexity index is 932. The zero-order chi connectivity index (χ0) is 18.9. The van der Waals surface area contributed by atoms with Gasteiger partial charge in [0, 0.05) is 28.7 Å². The van der Waals surface area contributed by atoms with E-state index in [0.29, 0.717) is 21.4 Å². The molecule has 1 atom stereocenters. The third-order valence-corrected chi connectivity index (χ3v) is 5.52. The lowest BCUT2D eigenvalue weighted by Crippen LogP contribution is -2.35. The smallest absolute Gasteiger partial charge is 0.265 e. The molecule has 1 N–H and O–H groups in total. The minimum absolute atomic E-state index is 0.102. The molecule has 138 valence electrons. The van der Waals surface area contributed by atoms with E-state index >= 15 is 0 Å². The molecule has 0 saturated heterocycles. The molecule has 0 bridgehead atoms. The lowest BCUT2D eigenvalue weighted by Gasteiger charge is -2.21. The zero-order valence-electron chi connectivity index (χ0n) is 13.8. The normalized spacial score (nSPS) is 17.0. The molecule has 26 heavy (non-hydrogen) atoms. The maximum atomic E-state index is 12.6. The van der Waals surface area contributed by atoms with E-state index in [2.05, 4.69) is 5.32 Å². The Kier molecular flexibility index (Phi) is 5.32. The molecule has 1 aliphatic heterocycles. The first-order valence-electron chi connectivity index (χ1n) is 7.74. The Morgan fingerprint density at radius 1 is 1.15 bits per heavy atom. The maximum absolute atomic E-state index is 12.6. The monoisotopic (exact) mass is 414 g/mol. The predicted molar refractivity (Wildman–Crippen MR) is 103 cm³/mol. The Hall–Kier alpha value is -1.96. The molecule has 6 nitrogen and oxygen atoms in total. The van der Waals surface area contributed by atoms with Crippen LogP contribution in [0.25, 0.3) is 0 Å². The van der Waals surface area contributed by atoms with Crippen LogP contribution in [0.2, 0.25) is 10.0 Å². The number of ether oxygens (including phenoxy) is 1. The van der Waals surface area contributed by atoms with Gasteiger partial charge in [-0.1, -0.05) is 23.2 Å². The van der Waals surface area contributed by atoms with Gasteiger partial charge in [0.15, 0.2) is 6.10 Å². The van der Waals surface area contributed by atoms with Crippen LogP contribution in [0.3, 0.4) is 0 Å². The van der Waals surface area contributed by atoms with Crippen LogP contribution in [0.5, 0.6) is 5.75 Å². The van der Waals surface area contributed by atoms with Gasteiger partial charge >= 0.3 is 0 Å². The summed E-state index contributed by atoms with van der Waals surface area (Å²) < 4.78 is 31.2. The number of hydrogen-bond donors (Lipinski definition) is 1. The highest BCUT2D eigenvalue weighted by molar-refractivity contribution is 7.92. The molecule has 0 spiro atoms. The second-order valence-electron chi connectivity index (χ2n) is 5.84. The van der Waals surface area contributed by atoms with Crippen molar-refractivity contribution in [3.05, 3.63) is 52.5 Å². The van der Waals surface area contributed by atoms with Gasteiger partial charge in [-0.2, -0.15) is 0 Å². The molecular weight excluding hydrogens is 399 g/mol. The molecular formula is C17H16Cl2N2O4S. The first-order valence-corrected chi connectivity index (χ1v) is 10.3. The van der Waals surface area contributed by atoms with Crippen LogP contribution in [0.1, 0.15) is 6.42 Å². The molecule has 1 unspecified atom stereocenters. The summed E-state index contributed by atoms with van der Waals surface area (Å²) >= 11 is 11.8. The summed E-state index contributed by atoms with van der Waals surface area (Å²) in [6.45, 7) is 0.102. The van der Waals surface area contributed by atoms with Gasteiger partial charge in [-0.3, -0.25) is 9.10 Å². The van der Waals surface area contributed by atoms with Gasteiger partial charge in [0.1, 0.15) is 5.75 Å². The number of nitrogens with one attached hydrogen (secondary N) is 1. The van der Waals surface area contributed by atoms with Crippen molar-refractivity contribution in [1.29, 1.82) is 0 Å². The van der Waals surface area contributed by atoms with Crippen molar-refractivity contribution in [2.45, 2.75) is 12.5 Å². The van der Waals surface area contributed by atoms with Crippen molar-refractivity contribution in [3.63, 3.8) is 0 Å². The topological polar surface area (TPSA) is 75.7 Å². The molecule has 0 aromatic heterocycles. The van der Waals surface area contributed by atoms with E-state index in [9.17, 15) is 13.2 Å². The van der Waals surface area contributed by atoms with E-state index in [-0.39, 0.29) is 24.6 Å². The van der Waals surface area contributed by atoms with E-state index in [1.807, 2.05) is 0 Å². The van der Waals surface area contributed by atoms with E-state index in [4.69, 9.17) is 27.9 Å². The number of halogens is 2. The first kappa shape index (κ1) is 18.8. The van der Waals surface area contributed by atoms with Crippen molar-refractivity contribution in [2.24, 2.45) is 0 Å². The molecule has 9 heteroatoms. The highest BCUT2D eigenvalue weighted by Crippen LogP contribution is 2.36. The number of benzene rings is 2. The number of rotatable bonds is 3. The maximum Gasteiger partial charge on any atom is 0.265 e. The second-order valence-corrected chi connectivity index (χ2v) is 8.62. The van der Waals surface area contributed by atoms with Gasteiger partial charge in [0.05, 0.1) is 11.9 Å². The standard InChI is InChI=1S/C17H16Cl2N2O4S/c1-26(23,24)21-9-8-16(25-15-7-4-12(19)10-14(15)21)17(22)20-13-5-2-11(18)3-6-13/h2-7,10,16H,8-9H2,1H3,(H,20,22). The second kappa shape index (κ2) is 7.34. The summed E-state index contributed by atoms with van der Waals surface area (Å²) in [5, 5.41) is 3.68. The highest BCUT2D eigenvalue weighted by atomic mass is 35.5. The van der Waals surface area contributed by atoms with E-state index in [0.717, 1.165) is 6.26 Å². The lowest BCUT2D eigenvalue weighted by molar-refractivity contribution is -0.122. The van der Waals surface area contributed by atoms with Crippen molar-refractivity contribution in [3.8, 4) is 5.75 Å². The molecule has 1 heterocycles. The number of nitrogens with zero attached hydrogens (tertiary/aromatic N) is 1. The lowest BCUT2D eigenvalue weighted by atomic mass is 10.2. The Balaban J connectivity index is 1.86. The van der Waals surface area contributed by atoms with Crippen LogP contribution >= 0.6 is 23.2 Å². The summed E-state index contributed by atoms with van der Waals surface area (Å²) in [5.41, 5.74) is 0.894. The quantitative estimate of drug-likeness (QED) is 0.832. The summed E-state index contributed by atoms with van der Waals surface area (Å²) in [6.07, 6.45) is 0.447. The minimum Gasteiger partial charge on any atom is -0.478 e. The molecule has 2 aromatic rings. The van der Waals surface area contributed by atoms with Crippen molar-refractivity contribution < 1.29 is 17.9 Å². The summed E-state index contributed by atoms with van der Waals surface area (Å²) in [5.74, 6) is -0.0860. The molecule has 0 aliphatic carbocycles. The average molecular weight is 415 g/mol. The molecule has 1 aliphatic rings. The van der Waals surface area contributed by atoms with Gasteiger partial charge < -0.3 is 10.1 Å². The summed E-state index contributed by atoms with van der Waals surface area (Å²) in [7, 11) is -3.54. The van der Waals surface area contributed by atoms with Crippen LogP contribution in [0.4, 0.5) is 11.4 Å². The molecule has 1 amide bonds. The molecule has 3 rings (SSSR count). The number of fused-ring (bicyclic) bond motifs is 1. The van der Waals surface area contributed by atoms with Gasteiger partial charge in [0.2, 0.25) is 10.0 Å². The summed E-state index contributed by atoms with van der Waals surface area (Å²) in [6, 6.07) is 11.3. The SMILES string of the molecule is CS(=O)(=O)N1CCC(C(=O)Nc2ccc(Cl)cc2)Oc2ccc(Cl)cc21. The first-order chi connectivity index (χ1) is 12.2. The van der Waals surface area contributed by atoms with E-state index in [1.165, 1.54) is 10.4 Å². The van der Waals surface area contributed by atoms with Crippen molar-refractivity contribution in [2.75, 3.05) is 22.4 Å². The van der Waals surface area contributed by atoms with Crippen LogP contribution in [0.15, 0.2) is 42.5 Å². The fourth-order valence-electron chi connectivity index (χ4n) is 2.64. The van der Waals surface area contributed by atoms with Gasteiger partial charge in [-0.15, -0.1) is 0 Å². The van der Waals surface area contributed by atoms with Crippen molar-refractivity contribution >= 4 is 50.5 Å². The van der Waals surface area contributed by atoms with Crippen LogP contribution < -0.4 is 14.4 Å². The molecule has 0 radical (unpaired) electrons. The number of sulfonamides is 1. The fourth-order valence-corrected chi connectivity index (χ4v) is 3.87. The predicted octanol–water partition coefficient (Wildman–Crippen LogP) is 3.55. The Labute approximate surface area is 161 Å². The number of anilines is 2. The van der Waals surface area contributed by atoms with Crippen LogP contribution in [0, 0.1) is 0 Å². The molecule has 0 saturated carbocycles. The third-order valence-electron chi connectivity index (χ3n) is 3.86. The van der Waals surface area contributed by atoms with Gasteiger partial charge in [0.25, 0.3) is 5.91 Å². The number of carbonyl (C=O) groups is 1. The Morgan fingerprint density at radius 2 is 1.81 bits per heavy atom. The number of hydrogen-bond acceptors (Lipinski definition) is 4. The largest absolute Gasteiger partial charge is 0.478 e. The molecule has 2 aromatic carbocycles. The Morgan fingerprint density at radius 3 is 2.46 bits per heavy atom. The fraction of sp³-hybridized carbons (Fsp3) is 0.235. The van der Waals surface area contributed by atoms with Gasteiger partial charge in [-0.05, 0) is 42.5 Å². The van der Waals surface area contributed by atoms with Gasteiger partial charge in [-0.25, -0.2) is 8.42 Å². The molecule has 0 fully saturated rings. The van der Waals surface area contributed by atoms with E-state index < -0.39 is 16.1 Å². The summed E-state index contributed by atoms with van der Waals surface area (Å²) in [4.78, 5) is 12.6. The van der Waals surface area contributed by atoms with Crippen molar-refractivity contribution in [1.82, 2.24) is 0 Å². The zero-order valence-corrected chi connectivity index (χ0v) is 16.1. The highest BCUT2D eigenvalue weighted by Gasteiger charge is 2.31. The minimum atomic E-state index is -3.54. The third kappa shape index (κ3) is 4.23. The van der Waals surface area contributed by atoms with Crippen LogP contribution in [-0.2, 0) is 14.8 Å². The van der Waals surface area contributed by atoms with E-state index in [1.54, 1.807) is 36.4 Å². The number of amides is 1. The van der Waals surface area contributed by atoms with Crippen LogP contribution in [-0.4, -0.2) is 33.2 Å².